The van der Waals surface area contributed by atoms with Gasteiger partial charge in [0.05, 0.1) is 12.4 Å². The molecule has 0 bridgehead atoms. The van der Waals surface area contributed by atoms with Gasteiger partial charge >= 0.3 is 0 Å². The zero-order valence-electron chi connectivity index (χ0n) is 18.7. The third-order valence-corrected chi connectivity index (χ3v) is 6.37. The van der Waals surface area contributed by atoms with Crippen LogP contribution in [0.15, 0.2) is 59.0 Å². The van der Waals surface area contributed by atoms with Crippen LogP contribution < -0.4 is 10.1 Å². The van der Waals surface area contributed by atoms with E-state index in [4.69, 9.17) is 9.15 Å². The molecule has 1 aromatic heterocycles. The van der Waals surface area contributed by atoms with Crippen LogP contribution in [0.25, 0.3) is 11.5 Å². The van der Waals surface area contributed by atoms with Gasteiger partial charge in [0.25, 0.3) is 5.91 Å². The van der Waals surface area contributed by atoms with Crippen LogP contribution in [0.2, 0.25) is 0 Å². The number of thioether (sulfide) groups is 1. The van der Waals surface area contributed by atoms with E-state index in [1.54, 1.807) is 23.9 Å². The summed E-state index contributed by atoms with van der Waals surface area (Å²) in [6.07, 6.45) is 3.57. The number of carbonyl (C=O) groups excluding carboxylic acids is 1. The quantitative estimate of drug-likeness (QED) is 0.399. The highest BCUT2D eigenvalue weighted by atomic mass is 32.2. The van der Waals surface area contributed by atoms with Crippen LogP contribution in [0.1, 0.15) is 35.5 Å². The fraction of sp³-hybridized carbons (Fsp3) is 0.400. The predicted octanol–water partition coefficient (Wildman–Crippen LogP) is 4.26. The van der Waals surface area contributed by atoms with Crippen LogP contribution in [-0.4, -0.2) is 59.5 Å². The number of benzene rings is 2. The minimum atomic E-state index is -0.0525. The number of ether oxygens (including phenoxy) is 1. The molecule has 2 heterocycles. The van der Waals surface area contributed by atoms with Crippen molar-refractivity contribution in [3.8, 4) is 17.2 Å². The second-order valence-electron chi connectivity index (χ2n) is 7.95. The number of hydrogen-bond donors (Lipinski definition) is 1. The lowest BCUT2D eigenvalue weighted by molar-refractivity contribution is 0.0952. The maximum absolute atomic E-state index is 12.4. The number of rotatable bonds is 12. The highest BCUT2D eigenvalue weighted by Gasteiger charge is 2.12. The first kappa shape index (κ1) is 23.3. The highest BCUT2D eigenvalue weighted by Crippen LogP contribution is 2.21. The summed E-state index contributed by atoms with van der Waals surface area (Å²) in [6, 6.07) is 17.0. The maximum Gasteiger partial charge on any atom is 0.251 e. The van der Waals surface area contributed by atoms with E-state index in [1.807, 2.05) is 42.5 Å². The molecule has 0 aliphatic carbocycles. The fourth-order valence-electron chi connectivity index (χ4n) is 3.70. The number of para-hydroxylation sites is 1. The van der Waals surface area contributed by atoms with E-state index in [0.29, 0.717) is 36.2 Å². The lowest BCUT2D eigenvalue weighted by Crippen LogP contribution is -2.28. The molecule has 1 saturated heterocycles. The molecule has 3 aromatic rings. The minimum Gasteiger partial charge on any atom is -0.493 e. The summed E-state index contributed by atoms with van der Waals surface area (Å²) >= 11 is 1.68. The predicted molar refractivity (Wildman–Crippen MR) is 130 cm³/mol. The van der Waals surface area contributed by atoms with Gasteiger partial charge in [-0.2, -0.15) is 0 Å². The van der Waals surface area contributed by atoms with E-state index in [2.05, 4.69) is 20.4 Å². The van der Waals surface area contributed by atoms with Crippen LogP contribution in [0.5, 0.6) is 5.75 Å². The van der Waals surface area contributed by atoms with E-state index in [-0.39, 0.29) is 5.91 Å². The van der Waals surface area contributed by atoms with Gasteiger partial charge in [0.15, 0.2) is 0 Å². The first-order valence-corrected chi connectivity index (χ1v) is 12.6. The average Bonchev–Trinajstić information content (AvgIpc) is 3.55. The Labute approximate surface area is 198 Å². The monoisotopic (exact) mass is 466 g/mol. The molecular weight excluding hydrogens is 436 g/mol. The summed E-state index contributed by atoms with van der Waals surface area (Å²) in [5.41, 5.74) is 1.44. The number of hydrogen-bond acceptors (Lipinski definition) is 7. The molecule has 7 nitrogen and oxygen atoms in total. The Morgan fingerprint density at radius 3 is 2.64 bits per heavy atom. The molecule has 1 amide bonds. The molecule has 0 spiro atoms. The van der Waals surface area contributed by atoms with E-state index in [1.165, 1.54) is 25.9 Å². The number of nitrogens with zero attached hydrogens (tertiary/aromatic N) is 3. The van der Waals surface area contributed by atoms with Crippen molar-refractivity contribution in [3.63, 3.8) is 0 Å². The topological polar surface area (TPSA) is 80.5 Å². The molecule has 0 radical (unpaired) electrons. The van der Waals surface area contributed by atoms with Gasteiger partial charge in [-0.15, -0.1) is 22.0 Å². The van der Waals surface area contributed by atoms with E-state index in [9.17, 15) is 4.79 Å². The van der Waals surface area contributed by atoms with E-state index < -0.39 is 0 Å². The van der Waals surface area contributed by atoms with Crippen LogP contribution in [0, 0.1) is 0 Å². The summed E-state index contributed by atoms with van der Waals surface area (Å²) < 4.78 is 11.5. The zero-order valence-corrected chi connectivity index (χ0v) is 19.6. The fourth-order valence-corrected chi connectivity index (χ4v) is 4.34. The van der Waals surface area contributed by atoms with Gasteiger partial charge in [-0.05, 0) is 75.3 Å². The number of carbonyl (C=O) groups is 1. The molecule has 0 unspecified atom stereocenters. The highest BCUT2D eigenvalue weighted by molar-refractivity contribution is 7.98. The Balaban J connectivity index is 1.16. The molecule has 0 atom stereocenters. The Bertz CT molecular complexity index is 988. The van der Waals surface area contributed by atoms with Crippen molar-refractivity contribution < 1.29 is 13.9 Å². The van der Waals surface area contributed by atoms with Crippen molar-refractivity contribution in [1.82, 2.24) is 20.4 Å². The molecular formula is C25H30N4O3S. The molecule has 0 saturated carbocycles. The average molecular weight is 467 g/mol. The van der Waals surface area contributed by atoms with E-state index in [0.717, 1.165) is 30.0 Å². The van der Waals surface area contributed by atoms with Crippen molar-refractivity contribution in [3.05, 3.63) is 66.1 Å². The maximum atomic E-state index is 12.4. The zero-order chi connectivity index (χ0) is 22.7. The molecule has 8 heteroatoms. The van der Waals surface area contributed by atoms with Crippen LogP contribution >= 0.6 is 11.8 Å². The summed E-state index contributed by atoms with van der Waals surface area (Å²) in [7, 11) is 0. The third-order valence-electron chi connectivity index (χ3n) is 5.46. The first-order valence-electron chi connectivity index (χ1n) is 11.5. The van der Waals surface area contributed by atoms with Crippen LogP contribution in [-0.2, 0) is 5.75 Å². The molecule has 33 heavy (non-hydrogen) atoms. The van der Waals surface area contributed by atoms with Crippen molar-refractivity contribution in [2.45, 2.75) is 25.0 Å². The largest absolute Gasteiger partial charge is 0.493 e. The molecule has 2 aromatic carbocycles. The summed E-state index contributed by atoms with van der Waals surface area (Å²) in [4.78, 5) is 14.8. The first-order chi connectivity index (χ1) is 16.3. The van der Waals surface area contributed by atoms with Crippen molar-refractivity contribution in [1.29, 1.82) is 0 Å². The Hall–Kier alpha value is -2.84. The van der Waals surface area contributed by atoms with Gasteiger partial charge in [-0.25, -0.2) is 0 Å². The Morgan fingerprint density at radius 1 is 1.06 bits per heavy atom. The third kappa shape index (κ3) is 7.33. The lowest BCUT2D eigenvalue weighted by Gasteiger charge is -2.14. The molecule has 1 fully saturated rings. The minimum absolute atomic E-state index is 0.0525. The molecule has 1 aliphatic heterocycles. The summed E-state index contributed by atoms with van der Waals surface area (Å²) in [5, 5.41) is 11.3. The number of nitrogens with one attached hydrogen (secondary N) is 1. The number of likely N-dealkylation sites (tertiary alicyclic amines) is 1. The van der Waals surface area contributed by atoms with Crippen molar-refractivity contribution >= 4 is 17.7 Å². The van der Waals surface area contributed by atoms with Crippen LogP contribution in [0.4, 0.5) is 0 Å². The van der Waals surface area contributed by atoms with Gasteiger partial charge in [0.1, 0.15) is 5.75 Å². The molecule has 1 aliphatic rings. The van der Waals surface area contributed by atoms with E-state index >= 15 is 0 Å². The second-order valence-corrected chi connectivity index (χ2v) is 9.06. The normalized spacial score (nSPS) is 13.8. The Kier molecular flexibility index (Phi) is 8.77. The SMILES string of the molecule is O=C(NCCCN1CCCC1)c1ccc(-c2nnc(CSCCOc3ccccc3)o2)cc1. The molecule has 4 rings (SSSR count). The lowest BCUT2D eigenvalue weighted by atomic mass is 10.1. The summed E-state index contributed by atoms with van der Waals surface area (Å²) in [6.45, 7) is 4.75. The van der Waals surface area contributed by atoms with Gasteiger partial charge in [-0.3, -0.25) is 4.79 Å². The van der Waals surface area contributed by atoms with Crippen molar-refractivity contribution in [2.24, 2.45) is 0 Å². The van der Waals surface area contributed by atoms with Crippen LogP contribution in [0.3, 0.4) is 0 Å². The van der Waals surface area contributed by atoms with Gasteiger partial charge in [0, 0.05) is 23.4 Å². The van der Waals surface area contributed by atoms with Gasteiger partial charge < -0.3 is 19.4 Å². The smallest absolute Gasteiger partial charge is 0.251 e. The Morgan fingerprint density at radius 2 is 1.85 bits per heavy atom. The summed E-state index contributed by atoms with van der Waals surface area (Å²) in [5.74, 6) is 3.32. The number of aromatic nitrogens is 2. The standard InChI is InChI=1S/C25H30N4O3S/c30-24(26-13-6-16-29-14-4-5-15-29)20-9-11-21(12-10-20)25-28-27-23(32-25)19-33-18-17-31-22-7-2-1-3-8-22/h1-3,7-12H,4-6,13-19H2,(H,26,30). The molecule has 1 N–H and O–H groups in total. The van der Waals surface area contributed by atoms with Crippen molar-refractivity contribution in [2.75, 3.05) is 38.5 Å². The van der Waals surface area contributed by atoms with Gasteiger partial charge in [-0.1, -0.05) is 18.2 Å². The number of amides is 1. The molecule has 174 valence electrons. The van der Waals surface area contributed by atoms with Gasteiger partial charge in [0.2, 0.25) is 11.8 Å². The second kappa shape index (κ2) is 12.4.